The van der Waals surface area contributed by atoms with E-state index >= 15 is 0 Å². The third-order valence-electron chi connectivity index (χ3n) is 5.16. The van der Waals surface area contributed by atoms with Gasteiger partial charge in [-0.3, -0.25) is 0 Å². The fourth-order valence-corrected chi connectivity index (χ4v) is 4.82. The number of rotatable bonds is 4. The molecular weight excluding hydrogens is 396 g/mol. The van der Waals surface area contributed by atoms with Crippen LogP contribution in [0.15, 0.2) is 30.6 Å². The molecule has 142 valence electrons. The first-order valence-corrected chi connectivity index (χ1v) is 10.3. The highest BCUT2D eigenvalue weighted by Gasteiger charge is 2.42. The maximum atomic E-state index is 12.2. The van der Waals surface area contributed by atoms with Gasteiger partial charge in [0.1, 0.15) is 16.0 Å². The van der Waals surface area contributed by atoms with Crippen molar-refractivity contribution < 1.29 is 9.53 Å². The van der Waals surface area contributed by atoms with Crippen molar-refractivity contribution in [2.24, 2.45) is 0 Å². The van der Waals surface area contributed by atoms with Crippen molar-refractivity contribution >= 4 is 44.8 Å². The second-order valence-electron chi connectivity index (χ2n) is 6.94. The Bertz CT molecular complexity index is 1210. The molecule has 0 bridgehead atoms. The van der Waals surface area contributed by atoms with E-state index in [1.165, 1.54) is 16.9 Å². The second kappa shape index (κ2) is 6.53. The summed E-state index contributed by atoms with van der Waals surface area (Å²) in [7, 11) is 0. The van der Waals surface area contributed by atoms with Crippen molar-refractivity contribution in [3.63, 3.8) is 0 Å². The SMILES string of the molecule is CCOC(=O)c1sc2ncn3nc([C@@H]4C[C@@H]4c4ccc(Cl)cc4)nc3c2c1C. The Morgan fingerprint density at radius 3 is 2.86 bits per heavy atom. The first kappa shape index (κ1) is 17.6. The minimum absolute atomic E-state index is 0.291. The van der Waals surface area contributed by atoms with Gasteiger partial charge in [-0.05, 0) is 49.4 Å². The molecule has 1 fully saturated rings. The third-order valence-corrected chi connectivity index (χ3v) is 6.60. The molecule has 3 aromatic heterocycles. The van der Waals surface area contributed by atoms with Crippen molar-refractivity contribution in [3.05, 3.63) is 57.4 Å². The lowest BCUT2D eigenvalue weighted by molar-refractivity contribution is 0.0531. The van der Waals surface area contributed by atoms with Crippen LogP contribution in [0.1, 0.15) is 51.8 Å². The number of hydrogen-bond acceptors (Lipinski definition) is 6. The summed E-state index contributed by atoms with van der Waals surface area (Å²) in [6.45, 7) is 4.06. The Morgan fingerprint density at radius 1 is 1.32 bits per heavy atom. The van der Waals surface area contributed by atoms with Crippen LogP contribution in [-0.4, -0.2) is 32.2 Å². The molecule has 3 heterocycles. The summed E-state index contributed by atoms with van der Waals surface area (Å²) in [4.78, 5) is 22.9. The van der Waals surface area contributed by atoms with Gasteiger partial charge >= 0.3 is 5.97 Å². The highest BCUT2D eigenvalue weighted by atomic mass is 35.5. The van der Waals surface area contributed by atoms with Crippen LogP contribution in [0.5, 0.6) is 0 Å². The van der Waals surface area contributed by atoms with Crippen LogP contribution in [0.25, 0.3) is 15.9 Å². The topological polar surface area (TPSA) is 69.4 Å². The quantitative estimate of drug-likeness (QED) is 0.452. The summed E-state index contributed by atoms with van der Waals surface area (Å²) in [5, 5.41) is 6.27. The summed E-state index contributed by atoms with van der Waals surface area (Å²) in [5.41, 5.74) is 2.85. The zero-order chi connectivity index (χ0) is 19.4. The predicted molar refractivity (Wildman–Crippen MR) is 108 cm³/mol. The van der Waals surface area contributed by atoms with Gasteiger partial charge in [0.15, 0.2) is 11.5 Å². The van der Waals surface area contributed by atoms with E-state index < -0.39 is 0 Å². The fraction of sp³-hybridized carbons (Fsp3) is 0.300. The molecule has 0 saturated heterocycles. The molecule has 4 aromatic rings. The number of aromatic nitrogens is 4. The number of aryl methyl sites for hydroxylation is 1. The molecule has 0 radical (unpaired) electrons. The summed E-state index contributed by atoms with van der Waals surface area (Å²) in [6, 6.07) is 7.97. The van der Waals surface area contributed by atoms with E-state index in [1.807, 2.05) is 19.1 Å². The van der Waals surface area contributed by atoms with Gasteiger partial charge in [0.05, 0.1) is 12.0 Å². The Morgan fingerprint density at radius 2 is 2.11 bits per heavy atom. The predicted octanol–water partition coefficient (Wildman–Crippen LogP) is 4.75. The molecule has 0 unspecified atom stereocenters. The van der Waals surface area contributed by atoms with Gasteiger partial charge in [-0.15, -0.1) is 16.4 Å². The molecule has 0 spiro atoms. The minimum atomic E-state index is -0.314. The average molecular weight is 413 g/mol. The van der Waals surface area contributed by atoms with E-state index in [0.29, 0.717) is 23.3 Å². The highest BCUT2D eigenvalue weighted by molar-refractivity contribution is 7.20. The fourth-order valence-electron chi connectivity index (χ4n) is 3.66. The summed E-state index contributed by atoms with van der Waals surface area (Å²) >= 11 is 7.33. The van der Waals surface area contributed by atoms with Crippen molar-refractivity contribution in [1.82, 2.24) is 19.6 Å². The monoisotopic (exact) mass is 412 g/mol. The van der Waals surface area contributed by atoms with Crippen molar-refractivity contribution in [1.29, 1.82) is 0 Å². The molecule has 1 saturated carbocycles. The normalized spacial score (nSPS) is 18.7. The summed E-state index contributed by atoms with van der Waals surface area (Å²) in [6.07, 6.45) is 2.69. The van der Waals surface area contributed by atoms with Gasteiger partial charge in [-0.1, -0.05) is 23.7 Å². The van der Waals surface area contributed by atoms with Gasteiger partial charge in [0.25, 0.3) is 0 Å². The van der Waals surface area contributed by atoms with Gasteiger partial charge in [-0.25, -0.2) is 19.3 Å². The van der Waals surface area contributed by atoms with E-state index in [0.717, 1.165) is 38.7 Å². The zero-order valence-corrected chi connectivity index (χ0v) is 16.9. The molecule has 28 heavy (non-hydrogen) atoms. The number of benzene rings is 1. The van der Waals surface area contributed by atoms with Crippen molar-refractivity contribution in [2.75, 3.05) is 6.61 Å². The third kappa shape index (κ3) is 2.77. The van der Waals surface area contributed by atoms with Gasteiger partial charge < -0.3 is 4.74 Å². The Labute approximate surface area is 170 Å². The maximum Gasteiger partial charge on any atom is 0.348 e. The number of esters is 1. The van der Waals surface area contributed by atoms with Crippen LogP contribution in [0.4, 0.5) is 0 Å². The van der Waals surface area contributed by atoms with Crippen LogP contribution < -0.4 is 0 Å². The summed E-state index contributed by atoms with van der Waals surface area (Å²) < 4.78 is 6.88. The Kier molecular flexibility index (Phi) is 4.10. The molecule has 2 atom stereocenters. The summed E-state index contributed by atoms with van der Waals surface area (Å²) in [5.74, 6) is 1.21. The molecule has 6 nitrogen and oxygen atoms in total. The van der Waals surface area contributed by atoms with E-state index in [-0.39, 0.29) is 5.97 Å². The molecule has 8 heteroatoms. The standard InChI is InChI=1S/C20H17ClN4O2S/c1-3-27-20(26)16-10(2)15-18-23-17(24-25(18)9-22-19(15)28-16)14-8-13(14)11-4-6-12(21)7-5-11/h4-7,9,13-14H,3,8H2,1-2H3/t13-,14-/m1/s1. The van der Waals surface area contributed by atoms with Crippen LogP contribution in [-0.2, 0) is 4.74 Å². The number of fused-ring (bicyclic) bond motifs is 3. The minimum Gasteiger partial charge on any atom is -0.462 e. The smallest absolute Gasteiger partial charge is 0.348 e. The Balaban J connectivity index is 1.53. The number of halogens is 1. The van der Waals surface area contributed by atoms with Crippen LogP contribution in [0, 0.1) is 6.92 Å². The zero-order valence-electron chi connectivity index (χ0n) is 15.3. The molecule has 1 aliphatic rings. The largest absolute Gasteiger partial charge is 0.462 e. The first-order valence-electron chi connectivity index (χ1n) is 9.13. The van der Waals surface area contributed by atoms with E-state index in [1.54, 1.807) is 17.8 Å². The lowest BCUT2D eigenvalue weighted by Gasteiger charge is -1.99. The van der Waals surface area contributed by atoms with E-state index in [9.17, 15) is 4.79 Å². The lowest BCUT2D eigenvalue weighted by Crippen LogP contribution is -2.03. The number of carbonyl (C=O) groups excluding carboxylic acids is 1. The molecule has 0 amide bonds. The van der Waals surface area contributed by atoms with Gasteiger partial charge in [0.2, 0.25) is 0 Å². The van der Waals surface area contributed by atoms with E-state index in [4.69, 9.17) is 21.3 Å². The van der Waals surface area contributed by atoms with Crippen molar-refractivity contribution in [3.8, 4) is 0 Å². The number of ether oxygens (including phenoxy) is 1. The van der Waals surface area contributed by atoms with Gasteiger partial charge in [-0.2, -0.15) is 0 Å². The number of hydrogen-bond donors (Lipinski definition) is 0. The first-order chi connectivity index (χ1) is 13.6. The average Bonchev–Trinajstić information content (AvgIpc) is 3.24. The molecule has 1 aromatic carbocycles. The molecule has 0 aliphatic heterocycles. The number of carbonyl (C=O) groups is 1. The van der Waals surface area contributed by atoms with Crippen LogP contribution in [0.3, 0.4) is 0 Å². The highest BCUT2D eigenvalue weighted by Crippen LogP contribution is 2.53. The molecule has 1 aliphatic carbocycles. The maximum absolute atomic E-state index is 12.2. The number of nitrogens with zero attached hydrogens (tertiary/aromatic N) is 4. The van der Waals surface area contributed by atoms with Gasteiger partial charge in [0, 0.05) is 10.9 Å². The van der Waals surface area contributed by atoms with Crippen molar-refractivity contribution in [2.45, 2.75) is 32.1 Å². The van der Waals surface area contributed by atoms with Crippen LogP contribution >= 0.6 is 22.9 Å². The lowest BCUT2D eigenvalue weighted by atomic mass is 10.1. The molecule has 5 rings (SSSR count). The molecule has 0 N–H and O–H groups in total. The Hall–Kier alpha value is -2.51. The number of thiophene rings is 1. The second-order valence-corrected chi connectivity index (χ2v) is 8.38. The van der Waals surface area contributed by atoms with E-state index in [2.05, 4.69) is 22.2 Å². The molecular formula is C20H17ClN4O2S. The van der Waals surface area contributed by atoms with Crippen LogP contribution in [0.2, 0.25) is 5.02 Å².